The summed E-state index contributed by atoms with van der Waals surface area (Å²) in [5.74, 6) is -2.20. The molecule has 0 aliphatic heterocycles. The number of rotatable bonds is 8. The van der Waals surface area contributed by atoms with Gasteiger partial charge in [0.05, 0.1) is 12.8 Å². The Morgan fingerprint density at radius 3 is 1.21 bits per heavy atom. The minimum absolute atomic E-state index is 0. The van der Waals surface area contributed by atoms with Crippen molar-refractivity contribution in [3.05, 3.63) is 60.7 Å². The van der Waals surface area contributed by atoms with Crippen LogP contribution in [0.1, 0.15) is 12.8 Å². The molecule has 0 aromatic heterocycles. The summed E-state index contributed by atoms with van der Waals surface area (Å²) >= 11 is 0. The standard InChI is InChI=1S/2C9H11O4P.Ca/c2*10-9(11)6-7-14(12,13)8-4-2-1-3-5-8;/h2*1-5H,6-7H2,(H,10,11)(H,12,13);/q;;+2/p-2. The summed E-state index contributed by atoms with van der Waals surface area (Å²) in [7, 11) is -7.46. The first-order valence-electron chi connectivity index (χ1n) is 8.19. The van der Waals surface area contributed by atoms with Crippen LogP contribution in [-0.2, 0) is 18.7 Å². The van der Waals surface area contributed by atoms with Crippen molar-refractivity contribution < 1.29 is 38.7 Å². The fourth-order valence-corrected chi connectivity index (χ4v) is 4.79. The van der Waals surface area contributed by atoms with E-state index in [0.29, 0.717) is 0 Å². The van der Waals surface area contributed by atoms with Crippen LogP contribution in [0.15, 0.2) is 60.7 Å². The molecule has 0 saturated carbocycles. The summed E-state index contributed by atoms with van der Waals surface area (Å²) in [5, 5.41) is 17.1. The maximum absolute atomic E-state index is 11.5. The monoisotopic (exact) mass is 466 g/mol. The Bertz CT molecular complexity index is 800. The van der Waals surface area contributed by atoms with Gasteiger partial charge in [-0.15, -0.1) is 0 Å². The molecule has 0 fully saturated rings. The average molecular weight is 466 g/mol. The Morgan fingerprint density at radius 1 is 0.690 bits per heavy atom. The normalized spacial score (nSPS) is 14.1. The largest absolute Gasteiger partial charge is 2.00 e. The van der Waals surface area contributed by atoms with Crippen molar-refractivity contribution in [2.45, 2.75) is 12.8 Å². The number of carboxylic acids is 2. The second kappa shape index (κ2) is 13.3. The molecule has 0 saturated heterocycles. The van der Waals surface area contributed by atoms with E-state index >= 15 is 0 Å². The van der Waals surface area contributed by atoms with Crippen LogP contribution in [0.4, 0.5) is 0 Å². The van der Waals surface area contributed by atoms with Crippen LogP contribution in [0.2, 0.25) is 0 Å². The SMILES string of the molecule is O=C(O)CCP(=O)([O-])c1ccccc1.O=C(O)CCP(=O)([O-])c1ccccc1.[Ca+2]. The summed E-state index contributed by atoms with van der Waals surface area (Å²) in [5.41, 5.74) is 0. The predicted octanol–water partition coefficient (Wildman–Crippen LogP) is 0.469. The molecule has 152 valence electrons. The molecule has 0 spiro atoms. The van der Waals surface area contributed by atoms with Crippen molar-refractivity contribution in [3.63, 3.8) is 0 Å². The minimum atomic E-state index is -3.73. The van der Waals surface area contributed by atoms with Crippen LogP contribution in [0.25, 0.3) is 0 Å². The van der Waals surface area contributed by atoms with Gasteiger partial charge in [0.1, 0.15) is 0 Å². The van der Waals surface area contributed by atoms with Crippen molar-refractivity contribution in [1.82, 2.24) is 0 Å². The Hall–Kier alpha value is -0.980. The molecule has 11 heteroatoms. The maximum atomic E-state index is 11.5. The van der Waals surface area contributed by atoms with Crippen molar-refractivity contribution in [2.75, 3.05) is 12.3 Å². The number of hydrogen-bond acceptors (Lipinski definition) is 6. The van der Waals surface area contributed by atoms with Crippen molar-refractivity contribution in [2.24, 2.45) is 0 Å². The van der Waals surface area contributed by atoms with E-state index in [4.69, 9.17) is 10.2 Å². The molecule has 0 heterocycles. The topological polar surface area (TPSA) is 155 Å². The first kappa shape index (κ1) is 28.0. The Labute approximate surface area is 198 Å². The van der Waals surface area contributed by atoms with Crippen molar-refractivity contribution in [3.8, 4) is 0 Å². The zero-order valence-corrected chi connectivity index (χ0v) is 19.5. The van der Waals surface area contributed by atoms with Gasteiger partial charge in [0.25, 0.3) is 0 Å². The molecule has 8 nitrogen and oxygen atoms in total. The van der Waals surface area contributed by atoms with Crippen LogP contribution in [0.5, 0.6) is 0 Å². The molecular weight excluding hydrogens is 446 g/mol. The quantitative estimate of drug-likeness (QED) is 0.420. The molecule has 2 unspecified atom stereocenters. The molecule has 0 aliphatic carbocycles. The van der Waals surface area contributed by atoms with Gasteiger partial charge in [-0.1, -0.05) is 60.7 Å². The van der Waals surface area contributed by atoms with Gasteiger partial charge in [-0.25, -0.2) is 0 Å². The molecule has 2 aromatic rings. The van der Waals surface area contributed by atoms with E-state index in [9.17, 15) is 28.5 Å². The van der Waals surface area contributed by atoms with E-state index in [1.807, 2.05) is 0 Å². The van der Waals surface area contributed by atoms with Gasteiger partial charge in [-0.2, -0.15) is 0 Å². The maximum Gasteiger partial charge on any atom is 2.00 e. The summed E-state index contributed by atoms with van der Waals surface area (Å²) < 4.78 is 23.0. The van der Waals surface area contributed by atoms with E-state index in [1.54, 1.807) is 36.4 Å². The third-order valence-electron chi connectivity index (χ3n) is 3.54. The van der Waals surface area contributed by atoms with Gasteiger partial charge in [-0.3, -0.25) is 9.59 Å². The van der Waals surface area contributed by atoms with Crippen LogP contribution in [-0.4, -0.2) is 72.2 Å². The molecule has 2 atom stereocenters. The summed E-state index contributed by atoms with van der Waals surface area (Å²) in [6.07, 6.45) is -1.36. The molecule has 0 amide bonds. The first-order valence-corrected chi connectivity index (χ1v) is 11.8. The van der Waals surface area contributed by atoms with E-state index in [-0.39, 0.29) is 73.5 Å². The molecule has 0 aliphatic rings. The third kappa shape index (κ3) is 11.1. The number of benzene rings is 2. The molecule has 0 radical (unpaired) electrons. The van der Waals surface area contributed by atoms with Gasteiger partial charge in [0.15, 0.2) is 0 Å². The van der Waals surface area contributed by atoms with Gasteiger partial charge in [0, 0.05) is 27.1 Å². The molecule has 2 rings (SSSR count). The fraction of sp³-hybridized carbons (Fsp3) is 0.222. The van der Waals surface area contributed by atoms with Crippen molar-refractivity contribution >= 4 is 75.0 Å². The fourth-order valence-electron chi connectivity index (χ4n) is 2.05. The first-order chi connectivity index (χ1) is 13.0. The van der Waals surface area contributed by atoms with E-state index in [0.717, 1.165) is 0 Å². The zero-order valence-electron chi connectivity index (χ0n) is 15.5. The van der Waals surface area contributed by atoms with Gasteiger partial charge < -0.3 is 29.1 Å². The van der Waals surface area contributed by atoms with Crippen LogP contribution >= 0.6 is 14.7 Å². The Morgan fingerprint density at radius 2 is 0.966 bits per heavy atom. The number of hydrogen-bond donors (Lipinski definition) is 2. The number of aliphatic carboxylic acids is 2. The van der Waals surface area contributed by atoms with Crippen LogP contribution < -0.4 is 20.4 Å². The summed E-state index contributed by atoms with van der Waals surface area (Å²) in [6, 6.07) is 15.7. The second-order valence-electron chi connectivity index (χ2n) is 5.75. The van der Waals surface area contributed by atoms with E-state index < -0.39 is 26.7 Å². The van der Waals surface area contributed by atoms with Gasteiger partial charge in [-0.05, 0) is 10.6 Å². The smallest absolute Gasteiger partial charge is 0.796 e. The van der Waals surface area contributed by atoms with E-state index in [1.165, 1.54) is 24.3 Å². The summed E-state index contributed by atoms with van der Waals surface area (Å²) in [6.45, 7) is 0. The van der Waals surface area contributed by atoms with Gasteiger partial charge in [0.2, 0.25) is 0 Å². The average Bonchev–Trinajstić information content (AvgIpc) is 2.67. The molecule has 29 heavy (non-hydrogen) atoms. The third-order valence-corrected chi connectivity index (χ3v) is 7.33. The number of carbonyl (C=O) groups is 2. The Balaban J connectivity index is 0.000000523. The van der Waals surface area contributed by atoms with Crippen LogP contribution in [0.3, 0.4) is 0 Å². The predicted molar refractivity (Wildman–Crippen MR) is 107 cm³/mol. The Kier molecular flexibility index (Phi) is 12.9. The molecular formula is C18H20CaO8P2. The van der Waals surface area contributed by atoms with Crippen LogP contribution in [0, 0.1) is 0 Å². The van der Waals surface area contributed by atoms with Gasteiger partial charge >= 0.3 is 49.7 Å². The summed E-state index contributed by atoms with van der Waals surface area (Å²) in [4.78, 5) is 43.4. The molecule has 2 N–H and O–H groups in total. The molecule has 0 bridgehead atoms. The second-order valence-corrected chi connectivity index (χ2v) is 10.4. The number of carboxylic acid groups (broad SMARTS) is 2. The van der Waals surface area contributed by atoms with E-state index in [2.05, 4.69) is 0 Å². The zero-order chi connectivity index (χ0) is 21.2. The van der Waals surface area contributed by atoms with Crippen molar-refractivity contribution in [1.29, 1.82) is 0 Å². The molecule has 2 aromatic carbocycles. The minimum Gasteiger partial charge on any atom is -0.796 e.